The van der Waals surface area contributed by atoms with Gasteiger partial charge >= 0.3 is 0 Å². The molecule has 1 aliphatic carbocycles. The molecule has 1 aromatic heterocycles. The van der Waals surface area contributed by atoms with E-state index in [0.717, 1.165) is 86.4 Å². The third-order valence-electron chi connectivity index (χ3n) is 7.07. The van der Waals surface area contributed by atoms with E-state index in [1.807, 2.05) is 4.90 Å². The zero-order valence-corrected chi connectivity index (χ0v) is 19.3. The summed E-state index contributed by atoms with van der Waals surface area (Å²) in [6.45, 7) is 7.33. The summed E-state index contributed by atoms with van der Waals surface area (Å²) in [6.07, 6.45) is 7.71. The number of carbonyl (C=O) groups is 1. The molecule has 166 valence electrons. The summed E-state index contributed by atoms with van der Waals surface area (Å²) < 4.78 is 5.96. The molecule has 5 rings (SSSR count). The van der Waals surface area contributed by atoms with Gasteiger partial charge in [-0.15, -0.1) is 11.3 Å². The number of nitrogens with zero attached hydrogens (tertiary/aromatic N) is 3. The average molecular weight is 440 g/mol. The lowest BCUT2D eigenvalue weighted by Gasteiger charge is -2.20. The third-order valence-corrected chi connectivity index (χ3v) is 8.24. The van der Waals surface area contributed by atoms with Crippen LogP contribution >= 0.6 is 11.3 Å². The first-order valence-electron chi connectivity index (χ1n) is 11.9. The van der Waals surface area contributed by atoms with Crippen molar-refractivity contribution in [3.05, 3.63) is 34.8 Å². The highest BCUT2D eigenvalue weighted by atomic mass is 32.1. The summed E-state index contributed by atoms with van der Waals surface area (Å²) in [5, 5.41) is 1.06. The number of thiazole rings is 1. The van der Waals surface area contributed by atoms with E-state index in [-0.39, 0.29) is 5.92 Å². The van der Waals surface area contributed by atoms with Gasteiger partial charge in [0, 0.05) is 48.5 Å². The van der Waals surface area contributed by atoms with Crippen LogP contribution in [0, 0.1) is 5.92 Å². The van der Waals surface area contributed by atoms with Crippen molar-refractivity contribution in [1.29, 1.82) is 0 Å². The summed E-state index contributed by atoms with van der Waals surface area (Å²) in [5.74, 6) is 1.38. The molecular weight excluding hydrogens is 406 g/mol. The lowest BCUT2D eigenvalue weighted by molar-refractivity contribution is -0.134. The Bertz CT molecular complexity index is 880. The van der Waals surface area contributed by atoms with E-state index in [9.17, 15) is 4.79 Å². The molecule has 31 heavy (non-hydrogen) atoms. The van der Waals surface area contributed by atoms with Crippen LogP contribution in [0.1, 0.15) is 49.6 Å². The molecule has 1 amide bonds. The number of carbonyl (C=O) groups excluding carboxylic acids is 1. The number of hydrogen-bond acceptors (Lipinski definition) is 5. The van der Waals surface area contributed by atoms with Crippen molar-refractivity contribution >= 4 is 17.2 Å². The standard InChI is InChI=1S/C25H33N3O2S/c1-18-6-4-13-27(18)14-5-15-30-21-9-7-19(8-10-21)24-26-22-16-20(17-23(22)31-24)25(29)28-11-2-3-12-28/h7-10,18,20H,2-6,11-17H2,1H3/t18-,20?/m1/s1. The van der Waals surface area contributed by atoms with Gasteiger partial charge in [-0.2, -0.15) is 0 Å². The molecule has 3 aliphatic rings. The Morgan fingerprint density at radius 2 is 1.94 bits per heavy atom. The fourth-order valence-corrected chi connectivity index (χ4v) is 6.38. The van der Waals surface area contributed by atoms with Gasteiger partial charge in [0.15, 0.2) is 0 Å². The van der Waals surface area contributed by atoms with E-state index in [1.54, 1.807) is 11.3 Å². The highest BCUT2D eigenvalue weighted by molar-refractivity contribution is 7.15. The van der Waals surface area contributed by atoms with Gasteiger partial charge in [0.05, 0.1) is 12.3 Å². The fourth-order valence-electron chi connectivity index (χ4n) is 5.20. The van der Waals surface area contributed by atoms with Crippen LogP contribution in [0.5, 0.6) is 5.75 Å². The maximum absolute atomic E-state index is 12.7. The zero-order valence-electron chi connectivity index (χ0n) is 18.5. The first-order chi connectivity index (χ1) is 15.2. The summed E-state index contributed by atoms with van der Waals surface area (Å²) >= 11 is 1.75. The van der Waals surface area contributed by atoms with Crippen LogP contribution < -0.4 is 4.74 Å². The quantitative estimate of drug-likeness (QED) is 0.600. The molecule has 0 saturated carbocycles. The van der Waals surface area contributed by atoms with E-state index in [2.05, 4.69) is 36.1 Å². The van der Waals surface area contributed by atoms with Crippen LogP contribution in [-0.4, -0.2) is 59.5 Å². The average Bonchev–Trinajstić information content (AvgIpc) is 3.55. The highest BCUT2D eigenvalue weighted by Gasteiger charge is 2.34. The smallest absolute Gasteiger partial charge is 0.226 e. The minimum Gasteiger partial charge on any atom is -0.494 e. The Balaban J connectivity index is 1.12. The van der Waals surface area contributed by atoms with Crippen LogP contribution in [0.3, 0.4) is 0 Å². The highest BCUT2D eigenvalue weighted by Crippen LogP contribution is 2.37. The third kappa shape index (κ3) is 4.65. The monoisotopic (exact) mass is 439 g/mol. The Morgan fingerprint density at radius 1 is 1.13 bits per heavy atom. The summed E-state index contributed by atoms with van der Waals surface area (Å²) in [6, 6.07) is 9.06. The molecule has 3 heterocycles. The molecule has 5 nitrogen and oxygen atoms in total. The minimum atomic E-state index is 0.111. The lowest BCUT2D eigenvalue weighted by atomic mass is 10.1. The van der Waals surface area contributed by atoms with Gasteiger partial charge in [-0.1, -0.05) is 0 Å². The molecule has 0 radical (unpaired) electrons. The Labute approximate surface area is 189 Å². The molecule has 2 fully saturated rings. The van der Waals surface area contributed by atoms with Gasteiger partial charge in [0.25, 0.3) is 0 Å². The summed E-state index contributed by atoms with van der Waals surface area (Å²) in [4.78, 5) is 23.5. The second-order valence-corrected chi connectivity index (χ2v) is 10.4. The SMILES string of the molecule is C[C@@H]1CCCN1CCCOc1ccc(-c2nc3c(s2)CC(C(=O)N2CCCC2)C3)cc1. The Kier molecular flexibility index (Phi) is 6.28. The largest absolute Gasteiger partial charge is 0.494 e. The van der Waals surface area contributed by atoms with Crippen molar-refractivity contribution < 1.29 is 9.53 Å². The van der Waals surface area contributed by atoms with Crippen molar-refractivity contribution in [2.75, 3.05) is 32.8 Å². The predicted molar refractivity (Wildman–Crippen MR) is 125 cm³/mol. The molecule has 2 aliphatic heterocycles. The number of benzene rings is 1. The van der Waals surface area contributed by atoms with E-state index < -0.39 is 0 Å². The van der Waals surface area contributed by atoms with Gasteiger partial charge in [-0.3, -0.25) is 4.79 Å². The number of fused-ring (bicyclic) bond motifs is 1. The number of rotatable bonds is 7. The number of ether oxygens (including phenoxy) is 1. The van der Waals surface area contributed by atoms with Crippen molar-refractivity contribution in [1.82, 2.24) is 14.8 Å². The summed E-state index contributed by atoms with van der Waals surface area (Å²) in [7, 11) is 0. The fraction of sp³-hybridized carbons (Fsp3) is 0.600. The van der Waals surface area contributed by atoms with E-state index in [4.69, 9.17) is 9.72 Å². The number of likely N-dealkylation sites (tertiary alicyclic amines) is 2. The van der Waals surface area contributed by atoms with Gasteiger partial charge in [-0.25, -0.2) is 4.98 Å². The number of amides is 1. The summed E-state index contributed by atoms with van der Waals surface area (Å²) in [5.41, 5.74) is 2.27. The van der Waals surface area contributed by atoms with Crippen molar-refractivity contribution in [2.45, 2.75) is 57.9 Å². The Morgan fingerprint density at radius 3 is 2.65 bits per heavy atom. The van der Waals surface area contributed by atoms with Crippen molar-refractivity contribution in [3.8, 4) is 16.3 Å². The molecule has 2 saturated heterocycles. The molecule has 1 aromatic carbocycles. The van der Waals surface area contributed by atoms with Crippen molar-refractivity contribution in [2.24, 2.45) is 5.92 Å². The minimum absolute atomic E-state index is 0.111. The predicted octanol–water partition coefficient (Wildman–Crippen LogP) is 4.40. The van der Waals surface area contributed by atoms with E-state index in [0.29, 0.717) is 5.91 Å². The molecule has 0 spiro atoms. The van der Waals surface area contributed by atoms with Crippen LogP contribution in [-0.2, 0) is 17.6 Å². The van der Waals surface area contributed by atoms with Crippen LogP contribution in [0.25, 0.3) is 10.6 Å². The van der Waals surface area contributed by atoms with Crippen molar-refractivity contribution in [3.63, 3.8) is 0 Å². The molecule has 0 bridgehead atoms. The maximum atomic E-state index is 12.7. The maximum Gasteiger partial charge on any atom is 0.226 e. The first-order valence-corrected chi connectivity index (χ1v) is 12.7. The second-order valence-electron chi connectivity index (χ2n) is 9.28. The molecule has 0 N–H and O–H groups in total. The molecule has 2 aromatic rings. The molecule has 6 heteroatoms. The molecular formula is C25H33N3O2S. The number of aromatic nitrogens is 1. The van der Waals surface area contributed by atoms with Crippen LogP contribution in [0.15, 0.2) is 24.3 Å². The van der Waals surface area contributed by atoms with E-state index in [1.165, 1.54) is 24.3 Å². The van der Waals surface area contributed by atoms with Gasteiger partial charge in [0.2, 0.25) is 5.91 Å². The second kappa shape index (κ2) is 9.29. The normalized spacial score (nSPS) is 23.5. The molecule has 2 atom stereocenters. The van der Waals surface area contributed by atoms with Crippen LogP contribution in [0.4, 0.5) is 0 Å². The zero-order chi connectivity index (χ0) is 21.2. The van der Waals surface area contributed by atoms with Gasteiger partial charge in [0.1, 0.15) is 10.8 Å². The van der Waals surface area contributed by atoms with E-state index >= 15 is 0 Å². The van der Waals surface area contributed by atoms with Crippen LogP contribution in [0.2, 0.25) is 0 Å². The molecule has 1 unspecified atom stereocenters. The van der Waals surface area contributed by atoms with Gasteiger partial charge in [-0.05, 0) is 76.3 Å². The topological polar surface area (TPSA) is 45.7 Å². The lowest BCUT2D eigenvalue weighted by Crippen LogP contribution is -2.34. The van der Waals surface area contributed by atoms with Gasteiger partial charge < -0.3 is 14.5 Å². The first kappa shape index (κ1) is 21.0. The number of hydrogen-bond donors (Lipinski definition) is 0. The Hall–Kier alpha value is -1.92.